The maximum Gasteiger partial charge on any atom is 0.240 e. The highest BCUT2D eigenvalue weighted by Crippen LogP contribution is 2.25. The van der Waals surface area contributed by atoms with Crippen LogP contribution in [-0.2, 0) is 11.2 Å². The molecule has 0 fully saturated rings. The van der Waals surface area contributed by atoms with E-state index in [1.54, 1.807) is 7.05 Å². The lowest BCUT2D eigenvalue weighted by molar-refractivity contribution is -0.115. The van der Waals surface area contributed by atoms with Gasteiger partial charge in [0.05, 0.1) is 12.2 Å². The average Bonchev–Trinajstić information content (AvgIpc) is 2.87. The van der Waals surface area contributed by atoms with Gasteiger partial charge >= 0.3 is 0 Å². The molecule has 1 heterocycles. The molecule has 1 amide bonds. The van der Waals surface area contributed by atoms with Crippen LogP contribution in [-0.4, -0.2) is 24.5 Å². The minimum atomic E-state index is -0.0790. The third kappa shape index (κ3) is 4.30. The summed E-state index contributed by atoms with van der Waals surface area (Å²) in [6.45, 7) is 2.42. The van der Waals surface area contributed by atoms with Crippen molar-refractivity contribution >= 4 is 34.8 Å². The zero-order chi connectivity index (χ0) is 13.7. The Morgan fingerprint density at radius 3 is 2.60 bits per heavy atom. The Hall–Kier alpha value is -1.43. The zero-order valence-corrected chi connectivity index (χ0v) is 13.1. The molecule has 0 aliphatic carbocycles. The van der Waals surface area contributed by atoms with Crippen LogP contribution in [0.3, 0.4) is 0 Å². The second-order valence-corrected chi connectivity index (χ2v) is 5.02. The van der Waals surface area contributed by atoms with Gasteiger partial charge in [-0.2, -0.15) is 0 Å². The van der Waals surface area contributed by atoms with Crippen LogP contribution in [0, 0.1) is 0 Å². The smallest absolute Gasteiger partial charge is 0.240 e. The molecular weight excluding hydrogens is 294 g/mol. The summed E-state index contributed by atoms with van der Waals surface area (Å²) in [6, 6.07) is 8.34. The number of nitrogens with one attached hydrogen (secondary N) is 2. The summed E-state index contributed by atoms with van der Waals surface area (Å²) >= 11 is 1.44. The van der Waals surface area contributed by atoms with Crippen molar-refractivity contribution in [2.45, 2.75) is 13.3 Å². The Balaban J connectivity index is 0.00000200. The average molecular weight is 312 g/mol. The maximum absolute atomic E-state index is 11.4. The molecule has 4 nitrogen and oxygen atoms in total. The number of halogens is 1. The lowest BCUT2D eigenvalue weighted by Gasteiger charge is -2.00. The van der Waals surface area contributed by atoms with E-state index in [1.165, 1.54) is 16.9 Å². The number of hydrogen-bond donors (Lipinski definition) is 2. The molecule has 20 heavy (non-hydrogen) atoms. The van der Waals surface area contributed by atoms with Crippen molar-refractivity contribution in [1.29, 1.82) is 0 Å². The number of thiazole rings is 1. The first kappa shape index (κ1) is 16.6. The number of rotatable bonds is 5. The van der Waals surface area contributed by atoms with Crippen LogP contribution in [0.2, 0.25) is 0 Å². The van der Waals surface area contributed by atoms with Crippen LogP contribution in [0.1, 0.15) is 12.5 Å². The van der Waals surface area contributed by atoms with Gasteiger partial charge in [-0.1, -0.05) is 31.2 Å². The molecule has 1 aromatic carbocycles. The maximum atomic E-state index is 11.4. The van der Waals surface area contributed by atoms with Gasteiger partial charge in [-0.25, -0.2) is 4.98 Å². The van der Waals surface area contributed by atoms with Crippen molar-refractivity contribution in [2.24, 2.45) is 0 Å². The van der Waals surface area contributed by atoms with E-state index in [-0.39, 0.29) is 18.3 Å². The number of hydrogen-bond acceptors (Lipinski definition) is 4. The molecule has 108 valence electrons. The third-order valence-corrected chi connectivity index (χ3v) is 3.50. The molecule has 0 spiro atoms. The summed E-state index contributed by atoms with van der Waals surface area (Å²) in [7, 11) is 1.74. The Labute approximate surface area is 129 Å². The summed E-state index contributed by atoms with van der Waals surface area (Å²) in [6.07, 6.45) is 1.03. The SMILES string of the molecule is CCc1ccc(-c2csc(NC(=O)CNC)n2)cc1.Cl. The van der Waals surface area contributed by atoms with Gasteiger partial charge in [-0.15, -0.1) is 23.7 Å². The Bertz CT molecular complexity index is 554. The van der Waals surface area contributed by atoms with E-state index in [1.807, 2.05) is 5.38 Å². The van der Waals surface area contributed by atoms with Gasteiger partial charge < -0.3 is 10.6 Å². The van der Waals surface area contributed by atoms with E-state index in [2.05, 4.69) is 46.8 Å². The van der Waals surface area contributed by atoms with Crippen molar-refractivity contribution in [2.75, 3.05) is 18.9 Å². The highest BCUT2D eigenvalue weighted by molar-refractivity contribution is 7.14. The van der Waals surface area contributed by atoms with E-state index in [4.69, 9.17) is 0 Å². The van der Waals surface area contributed by atoms with Gasteiger partial charge in [-0.3, -0.25) is 4.79 Å². The standard InChI is InChI=1S/C14H17N3OS.ClH/c1-3-10-4-6-11(7-5-10)12-9-19-14(16-12)17-13(18)8-15-2;/h4-7,9,15H,3,8H2,1-2H3,(H,16,17,18);1H. The minimum absolute atomic E-state index is 0. The predicted octanol–water partition coefficient (Wildman–Crippen LogP) is 2.95. The number of carbonyl (C=O) groups is 1. The highest BCUT2D eigenvalue weighted by atomic mass is 35.5. The molecular formula is C14H18ClN3OS. The molecule has 0 unspecified atom stereocenters. The van der Waals surface area contributed by atoms with E-state index in [0.29, 0.717) is 11.7 Å². The van der Waals surface area contributed by atoms with Crippen LogP contribution in [0.25, 0.3) is 11.3 Å². The van der Waals surface area contributed by atoms with Crippen LogP contribution in [0.15, 0.2) is 29.6 Å². The summed E-state index contributed by atoms with van der Waals surface area (Å²) in [5, 5.41) is 8.15. The molecule has 0 saturated heterocycles. The van der Waals surface area contributed by atoms with Crippen molar-refractivity contribution in [1.82, 2.24) is 10.3 Å². The highest BCUT2D eigenvalue weighted by Gasteiger charge is 2.07. The van der Waals surface area contributed by atoms with Crippen LogP contribution in [0.5, 0.6) is 0 Å². The van der Waals surface area contributed by atoms with Gasteiger partial charge in [0, 0.05) is 10.9 Å². The normalized spacial score (nSPS) is 9.90. The first-order chi connectivity index (χ1) is 9.22. The van der Waals surface area contributed by atoms with Gasteiger partial charge in [0.2, 0.25) is 5.91 Å². The van der Waals surface area contributed by atoms with E-state index in [9.17, 15) is 4.79 Å². The van der Waals surface area contributed by atoms with Crippen LogP contribution in [0.4, 0.5) is 5.13 Å². The number of amides is 1. The molecule has 0 radical (unpaired) electrons. The molecule has 0 aliphatic rings. The Kier molecular flexibility index (Phi) is 6.64. The summed E-state index contributed by atoms with van der Waals surface area (Å²) in [5.74, 6) is -0.0790. The molecule has 0 atom stereocenters. The first-order valence-electron chi connectivity index (χ1n) is 6.22. The van der Waals surface area contributed by atoms with Gasteiger partial charge in [0.15, 0.2) is 5.13 Å². The fraction of sp³-hybridized carbons (Fsp3) is 0.286. The lowest BCUT2D eigenvalue weighted by atomic mass is 10.1. The second-order valence-electron chi connectivity index (χ2n) is 4.17. The molecule has 0 bridgehead atoms. The molecule has 2 rings (SSSR count). The third-order valence-electron chi connectivity index (χ3n) is 2.75. The number of aromatic nitrogens is 1. The number of carbonyl (C=O) groups excluding carboxylic acids is 1. The van der Waals surface area contributed by atoms with Crippen molar-refractivity contribution in [3.8, 4) is 11.3 Å². The van der Waals surface area contributed by atoms with Crippen LogP contribution >= 0.6 is 23.7 Å². The number of anilines is 1. The van der Waals surface area contributed by atoms with Crippen molar-refractivity contribution in [3.05, 3.63) is 35.2 Å². The topological polar surface area (TPSA) is 54.0 Å². The minimum Gasteiger partial charge on any atom is -0.311 e. The fourth-order valence-corrected chi connectivity index (χ4v) is 2.43. The molecule has 1 aromatic heterocycles. The Morgan fingerprint density at radius 2 is 2.00 bits per heavy atom. The summed E-state index contributed by atoms with van der Waals surface area (Å²) < 4.78 is 0. The van der Waals surface area contributed by atoms with Gasteiger partial charge in [0.25, 0.3) is 0 Å². The summed E-state index contributed by atoms with van der Waals surface area (Å²) in [4.78, 5) is 15.9. The fourth-order valence-electron chi connectivity index (χ4n) is 1.70. The van der Waals surface area contributed by atoms with Crippen molar-refractivity contribution < 1.29 is 4.79 Å². The van der Waals surface area contributed by atoms with Crippen LogP contribution < -0.4 is 10.6 Å². The lowest BCUT2D eigenvalue weighted by Crippen LogP contribution is -2.24. The summed E-state index contributed by atoms with van der Waals surface area (Å²) in [5.41, 5.74) is 3.27. The van der Waals surface area contributed by atoms with Crippen molar-refractivity contribution in [3.63, 3.8) is 0 Å². The monoisotopic (exact) mass is 311 g/mol. The second kappa shape index (κ2) is 7.99. The Morgan fingerprint density at radius 1 is 1.30 bits per heavy atom. The quantitative estimate of drug-likeness (QED) is 0.892. The van der Waals surface area contributed by atoms with E-state index >= 15 is 0 Å². The molecule has 2 aromatic rings. The van der Waals surface area contributed by atoms with Gasteiger partial charge in [-0.05, 0) is 19.0 Å². The largest absolute Gasteiger partial charge is 0.311 e. The molecule has 2 N–H and O–H groups in total. The predicted molar refractivity (Wildman–Crippen MR) is 86.7 cm³/mol. The number of aryl methyl sites for hydroxylation is 1. The first-order valence-corrected chi connectivity index (χ1v) is 7.10. The molecule has 0 aliphatic heterocycles. The number of benzene rings is 1. The van der Waals surface area contributed by atoms with Gasteiger partial charge in [0.1, 0.15) is 0 Å². The molecule has 0 saturated carbocycles. The van der Waals surface area contributed by atoms with E-state index < -0.39 is 0 Å². The number of likely N-dealkylation sites (N-methyl/N-ethyl adjacent to an activating group) is 1. The molecule has 6 heteroatoms. The number of nitrogens with zero attached hydrogens (tertiary/aromatic N) is 1. The van der Waals surface area contributed by atoms with E-state index in [0.717, 1.165) is 17.7 Å². The zero-order valence-electron chi connectivity index (χ0n) is 11.5.